The first-order chi connectivity index (χ1) is 20.3. The molecule has 1 unspecified atom stereocenters. The molecule has 11 heteroatoms. The van der Waals surface area contributed by atoms with Gasteiger partial charge in [0.25, 0.3) is 0 Å². The highest BCUT2D eigenvalue weighted by Crippen LogP contribution is 2.42. The third-order valence-corrected chi connectivity index (χ3v) is 8.95. The number of aromatic carboxylic acids is 1. The van der Waals surface area contributed by atoms with Gasteiger partial charge in [-0.05, 0) is 73.2 Å². The predicted octanol–water partition coefficient (Wildman–Crippen LogP) is 7.19. The minimum Gasteiger partial charge on any atom is -0.487 e. The molecule has 2 aromatic heterocycles. The number of anilines is 1. The SMILES string of the molecule is O=C(O)c1ccc(N2CCC(c3ccc(OCc4c(C5CC5)oc(=O)n4CCc4c(Cl)cccc4Cl)cc3Cl)C2)nc1. The molecule has 8 nitrogen and oxygen atoms in total. The first-order valence-corrected chi connectivity index (χ1v) is 14.9. The normalized spacial score (nSPS) is 16.6. The van der Waals surface area contributed by atoms with Gasteiger partial charge in [0.15, 0.2) is 0 Å². The van der Waals surface area contributed by atoms with Crippen LogP contribution in [-0.4, -0.2) is 33.7 Å². The van der Waals surface area contributed by atoms with Gasteiger partial charge in [0.05, 0.1) is 5.56 Å². The lowest BCUT2D eigenvalue weighted by molar-refractivity contribution is 0.0696. The predicted molar refractivity (Wildman–Crippen MR) is 162 cm³/mol. The molecule has 42 heavy (non-hydrogen) atoms. The summed E-state index contributed by atoms with van der Waals surface area (Å²) in [5.74, 6) is 1.05. The number of hydrogen-bond acceptors (Lipinski definition) is 6. The highest BCUT2D eigenvalue weighted by Gasteiger charge is 2.33. The Morgan fingerprint density at radius 2 is 1.81 bits per heavy atom. The van der Waals surface area contributed by atoms with E-state index in [1.165, 1.54) is 6.20 Å². The van der Waals surface area contributed by atoms with Crippen molar-refractivity contribution in [3.63, 3.8) is 0 Å². The third-order valence-electron chi connectivity index (χ3n) is 7.92. The lowest BCUT2D eigenvalue weighted by atomic mass is 9.98. The molecule has 6 rings (SSSR count). The van der Waals surface area contributed by atoms with Crippen molar-refractivity contribution >= 4 is 46.6 Å². The van der Waals surface area contributed by atoms with E-state index in [2.05, 4.69) is 9.88 Å². The monoisotopic (exact) mass is 627 g/mol. The number of ether oxygens (including phenoxy) is 1. The number of hydrogen-bond donors (Lipinski definition) is 1. The summed E-state index contributed by atoms with van der Waals surface area (Å²) in [7, 11) is 0. The van der Waals surface area contributed by atoms with Crippen LogP contribution in [0.3, 0.4) is 0 Å². The van der Waals surface area contributed by atoms with E-state index < -0.39 is 11.7 Å². The number of rotatable bonds is 10. The summed E-state index contributed by atoms with van der Waals surface area (Å²) in [5.41, 5.74) is 2.69. The number of carboxylic acids is 1. The van der Waals surface area contributed by atoms with Crippen LogP contribution in [0.25, 0.3) is 0 Å². The molecule has 2 aliphatic rings. The van der Waals surface area contributed by atoms with Gasteiger partial charge in [-0.2, -0.15) is 0 Å². The molecule has 0 radical (unpaired) electrons. The molecule has 1 saturated heterocycles. The van der Waals surface area contributed by atoms with Gasteiger partial charge >= 0.3 is 11.7 Å². The fourth-order valence-electron chi connectivity index (χ4n) is 5.49. The zero-order chi connectivity index (χ0) is 29.4. The number of oxazole rings is 1. The van der Waals surface area contributed by atoms with Crippen molar-refractivity contribution in [3.05, 3.63) is 108 Å². The molecule has 2 aromatic carbocycles. The van der Waals surface area contributed by atoms with E-state index in [1.54, 1.807) is 34.9 Å². The zero-order valence-corrected chi connectivity index (χ0v) is 24.8. The number of halogens is 3. The van der Waals surface area contributed by atoms with Crippen molar-refractivity contribution in [2.75, 3.05) is 18.0 Å². The smallest absolute Gasteiger partial charge is 0.419 e. The number of nitrogens with zero attached hydrogens (tertiary/aromatic N) is 3. The Balaban J connectivity index is 1.14. The maximum atomic E-state index is 12.8. The summed E-state index contributed by atoms with van der Waals surface area (Å²) in [5, 5.41) is 10.8. The van der Waals surface area contributed by atoms with Crippen LogP contribution in [0.5, 0.6) is 5.75 Å². The number of carboxylic acid groups (broad SMARTS) is 1. The average molecular weight is 629 g/mol. The van der Waals surface area contributed by atoms with Crippen LogP contribution in [0.4, 0.5) is 5.82 Å². The fourth-order valence-corrected chi connectivity index (χ4v) is 6.40. The van der Waals surface area contributed by atoms with Gasteiger partial charge in [-0.25, -0.2) is 14.6 Å². The van der Waals surface area contributed by atoms with Gasteiger partial charge < -0.3 is 19.2 Å². The molecule has 0 amide bonds. The Bertz CT molecular complexity index is 1660. The molecule has 0 bridgehead atoms. The van der Waals surface area contributed by atoms with Crippen LogP contribution in [0, 0.1) is 0 Å². The van der Waals surface area contributed by atoms with Crippen LogP contribution in [0.2, 0.25) is 15.1 Å². The molecule has 1 saturated carbocycles. The van der Waals surface area contributed by atoms with Crippen LogP contribution >= 0.6 is 34.8 Å². The summed E-state index contributed by atoms with van der Waals surface area (Å²) in [4.78, 5) is 30.4. The van der Waals surface area contributed by atoms with Gasteiger partial charge in [-0.15, -0.1) is 0 Å². The van der Waals surface area contributed by atoms with Gasteiger partial charge in [-0.3, -0.25) is 4.57 Å². The number of pyridine rings is 1. The lowest BCUT2D eigenvalue weighted by Gasteiger charge is -2.18. The molecule has 1 aliphatic heterocycles. The van der Waals surface area contributed by atoms with Crippen molar-refractivity contribution in [1.29, 1.82) is 0 Å². The Kier molecular flexibility index (Phi) is 8.21. The molecular formula is C31H28Cl3N3O5. The standard InChI is InChI=1S/C31H28Cl3N3O5/c32-24-2-1-3-25(33)23(24)11-13-37-27(29(18-4-5-18)42-31(37)40)17-41-21-7-8-22(26(34)14-21)20-10-12-36(16-20)28-9-6-19(15-35-28)30(38)39/h1-3,6-9,14-15,18,20H,4-5,10-13,16-17H2,(H,38,39). The van der Waals surface area contributed by atoms with Crippen molar-refractivity contribution in [1.82, 2.24) is 9.55 Å². The molecule has 2 fully saturated rings. The van der Waals surface area contributed by atoms with E-state index in [0.717, 1.165) is 55.0 Å². The first kappa shape index (κ1) is 28.6. The molecule has 1 atom stereocenters. The highest BCUT2D eigenvalue weighted by atomic mass is 35.5. The van der Waals surface area contributed by atoms with Gasteiger partial charge in [0.1, 0.15) is 29.6 Å². The van der Waals surface area contributed by atoms with E-state index in [9.17, 15) is 9.59 Å². The van der Waals surface area contributed by atoms with E-state index in [0.29, 0.717) is 39.5 Å². The maximum Gasteiger partial charge on any atom is 0.419 e. The van der Waals surface area contributed by atoms with E-state index in [1.807, 2.05) is 18.2 Å². The number of benzene rings is 2. The number of aromatic nitrogens is 2. The Morgan fingerprint density at radius 3 is 2.48 bits per heavy atom. The summed E-state index contributed by atoms with van der Waals surface area (Å²) in [6.45, 7) is 2.04. The molecule has 1 aliphatic carbocycles. The van der Waals surface area contributed by atoms with E-state index >= 15 is 0 Å². The minimum atomic E-state index is -0.996. The quantitative estimate of drug-likeness (QED) is 0.199. The fraction of sp³-hybridized carbons (Fsp3) is 0.323. The zero-order valence-electron chi connectivity index (χ0n) is 22.6. The summed E-state index contributed by atoms with van der Waals surface area (Å²) < 4.78 is 13.5. The minimum absolute atomic E-state index is 0.162. The van der Waals surface area contributed by atoms with E-state index in [4.69, 9.17) is 49.1 Å². The average Bonchev–Trinajstić information content (AvgIpc) is 3.61. The Hall–Kier alpha value is -3.46. The second-order valence-corrected chi connectivity index (χ2v) is 11.9. The summed E-state index contributed by atoms with van der Waals surface area (Å²) in [6, 6.07) is 14.3. The Labute approximate surface area is 257 Å². The van der Waals surface area contributed by atoms with Crippen LogP contribution in [-0.2, 0) is 19.6 Å². The topological polar surface area (TPSA) is 97.8 Å². The summed E-state index contributed by atoms with van der Waals surface area (Å²) >= 11 is 19.4. The van der Waals surface area contributed by atoms with Gasteiger partial charge in [-0.1, -0.05) is 46.9 Å². The van der Waals surface area contributed by atoms with Crippen LogP contribution < -0.4 is 15.4 Å². The third kappa shape index (κ3) is 6.02. The molecule has 3 heterocycles. The van der Waals surface area contributed by atoms with Gasteiger partial charge in [0.2, 0.25) is 0 Å². The molecule has 218 valence electrons. The van der Waals surface area contributed by atoms with Crippen molar-refractivity contribution < 1.29 is 19.1 Å². The maximum absolute atomic E-state index is 12.8. The molecular weight excluding hydrogens is 601 g/mol. The Morgan fingerprint density at radius 1 is 1.02 bits per heavy atom. The van der Waals surface area contributed by atoms with E-state index in [-0.39, 0.29) is 24.0 Å². The molecule has 4 aromatic rings. The second-order valence-electron chi connectivity index (χ2n) is 10.7. The van der Waals surface area contributed by atoms with Crippen molar-refractivity contribution in [3.8, 4) is 5.75 Å². The molecule has 1 N–H and O–H groups in total. The van der Waals surface area contributed by atoms with Crippen molar-refractivity contribution in [2.45, 2.75) is 50.7 Å². The second kappa shape index (κ2) is 12.0. The van der Waals surface area contributed by atoms with Crippen molar-refractivity contribution in [2.24, 2.45) is 0 Å². The van der Waals surface area contributed by atoms with Gasteiger partial charge in [0, 0.05) is 52.7 Å². The first-order valence-electron chi connectivity index (χ1n) is 13.8. The highest BCUT2D eigenvalue weighted by molar-refractivity contribution is 6.36. The lowest BCUT2D eigenvalue weighted by Crippen LogP contribution is -2.20. The largest absolute Gasteiger partial charge is 0.487 e. The van der Waals surface area contributed by atoms with Crippen LogP contribution in [0.1, 0.15) is 64.0 Å². The van der Waals surface area contributed by atoms with Crippen LogP contribution in [0.15, 0.2) is 63.9 Å². The summed E-state index contributed by atoms with van der Waals surface area (Å²) in [6.07, 6.45) is 4.71. The number of carbonyl (C=O) groups is 1. The molecule has 0 spiro atoms.